The second kappa shape index (κ2) is 8.08. The first kappa shape index (κ1) is 14.0. The Hall–Kier alpha value is -0.0800. The maximum absolute atomic E-state index is 3.56. The molecule has 0 saturated heterocycles. The average Bonchev–Trinajstić information content (AvgIpc) is 2.27. The molecule has 0 radical (unpaired) electrons. The first-order valence-corrected chi connectivity index (χ1v) is 7.14. The molecule has 1 rings (SSSR count). The molecule has 2 nitrogen and oxygen atoms in total. The predicted octanol–water partition coefficient (Wildman–Crippen LogP) is 2.89. The SMILES string of the molecule is CCCNC(C)CN(C)CC1CCCCC1. The molecule has 1 fully saturated rings. The van der Waals surface area contributed by atoms with E-state index < -0.39 is 0 Å². The van der Waals surface area contributed by atoms with E-state index in [4.69, 9.17) is 0 Å². The quantitative estimate of drug-likeness (QED) is 0.718. The van der Waals surface area contributed by atoms with Crippen LogP contribution in [0.4, 0.5) is 0 Å². The number of hydrogen-bond acceptors (Lipinski definition) is 2. The molecule has 0 bridgehead atoms. The van der Waals surface area contributed by atoms with Gasteiger partial charge in [-0.2, -0.15) is 0 Å². The molecule has 1 atom stereocenters. The molecule has 1 aliphatic carbocycles. The fourth-order valence-corrected chi connectivity index (χ4v) is 2.81. The molecule has 1 unspecified atom stereocenters. The minimum Gasteiger partial charge on any atom is -0.313 e. The molecule has 96 valence electrons. The van der Waals surface area contributed by atoms with Crippen molar-refractivity contribution in [2.24, 2.45) is 5.92 Å². The molecular weight excluding hydrogens is 196 g/mol. The molecule has 0 aromatic carbocycles. The summed E-state index contributed by atoms with van der Waals surface area (Å²) in [6.07, 6.45) is 8.54. The van der Waals surface area contributed by atoms with Crippen LogP contribution in [0.1, 0.15) is 52.4 Å². The fraction of sp³-hybridized carbons (Fsp3) is 1.00. The number of nitrogens with one attached hydrogen (secondary N) is 1. The molecule has 0 aromatic rings. The molecule has 0 aromatic heterocycles. The Kier molecular flexibility index (Phi) is 7.06. The third kappa shape index (κ3) is 5.86. The van der Waals surface area contributed by atoms with Crippen molar-refractivity contribution in [3.8, 4) is 0 Å². The Bertz CT molecular complexity index is 164. The van der Waals surface area contributed by atoms with Gasteiger partial charge in [0.05, 0.1) is 0 Å². The number of hydrogen-bond donors (Lipinski definition) is 1. The van der Waals surface area contributed by atoms with Crippen LogP contribution in [0, 0.1) is 5.92 Å². The minimum absolute atomic E-state index is 0.633. The monoisotopic (exact) mass is 226 g/mol. The van der Waals surface area contributed by atoms with Crippen LogP contribution >= 0.6 is 0 Å². The summed E-state index contributed by atoms with van der Waals surface area (Å²) in [5.41, 5.74) is 0. The van der Waals surface area contributed by atoms with Crippen molar-refractivity contribution in [1.82, 2.24) is 10.2 Å². The Morgan fingerprint density at radius 1 is 1.25 bits per heavy atom. The van der Waals surface area contributed by atoms with Gasteiger partial charge in [0.2, 0.25) is 0 Å². The summed E-state index contributed by atoms with van der Waals surface area (Å²) in [6, 6.07) is 0.633. The molecular formula is C14H30N2. The number of rotatable bonds is 7. The van der Waals surface area contributed by atoms with Crippen molar-refractivity contribution in [2.75, 3.05) is 26.7 Å². The molecule has 1 saturated carbocycles. The summed E-state index contributed by atoms with van der Waals surface area (Å²) in [5, 5.41) is 3.56. The van der Waals surface area contributed by atoms with E-state index in [0.29, 0.717) is 6.04 Å². The zero-order chi connectivity index (χ0) is 11.8. The smallest absolute Gasteiger partial charge is 0.0166 e. The topological polar surface area (TPSA) is 15.3 Å². The highest BCUT2D eigenvalue weighted by atomic mass is 15.1. The highest BCUT2D eigenvalue weighted by Gasteiger charge is 2.16. The fourth-order valence-electron chi connectivity index (χ4n) is 2.81. The third-order valence-corrected chi connectivity index (χ3v) is 3.62. The third-order valence-electron chi connectivity index (χ3n) is 3.62. The lowest BCUT2D eigenvalue weighted by atomic mass is 9.89. The van der Waals surface area contributed by atoms with Crippen molar-refractivity contribution in [3.05, 3.63) is 0 Å². The van der Waals surface area contributed by atoms with Gasteiger partial charge in [-0.25, -0.2) is 0 Å². The maximum Gasteiger partial charge on any atom is 0.0166 e. The Morgan fingerprint density at radius 3 is 2.56 bits per heavy atom. The van der Waals surface area contributed by atoms with Gasteiger partial charge >= 0.3 is 0 Å². The molecule has 0 heterocycles. The van der Waals surface area contributed by atoms with Crippen molar-refractivity contribution >= 4 is 0 Å². The summed E-state index contributed by atoms with van der Waals surface area (Å²) in [4.78, 5) is 2.52. The zero-order valence-corrected chi connectivity index (χ0v) is 11.5. The number of nitrogens with zero attached hydrogens (tertiary/aromatic N) is 1. The standard InChI is InChI=1S/C14H30N2/c1-4-10-15-13(2)11-16(3)12-14-8-6-5-7-9-14/h13-15H,4-12H2,1-3H3. The van der Waals surface area contributed by atoms with Crippen molar-refractivity contribution < 1.29 is 0 Å². The van der Waals surface area contributed by atoms with E-state index in [0.717, 1.165) is 12.5 Å². The molecule has 2 heteroatoms. The van der Waals surface area contributed by atoms with E-state index >= 15 is 0 Å². The molecule has 0 amide bonds. The van der Waals surface area contributed by atoms with E-state index in [9.17, 15) is 0 Å². The van der Waals surface area contributed by atoms with Crippen LogP contribution in [0.3, 0.4) is 0 Å². The Labute approximate surface area is 102 Å². The van der Waals surface area contributed by atoms with Crippen LogP contribution in [0.15, 0.2) is 0 Å². The van der Waals surface area contributed by atoms with Crippen LogP contribution in [0.2, 0.25) is 0 Å². The lowest BCUT2D eigenvalue weighted by molar-refractivity contribution is 0.219. The van der Waals surface area contributed by atoms with Gasteiger partial charge in [-0.05, 0) is 45.7 Å². The molecule has 1 aliphatic rings. The van der Waals surface area contributed by atoms with E-state index in [2.05, 4.69) is 31.1 Å². The second-order valence-corrected chi connectivity index (χ2v) is 5.58. The first-order chi connectivity index (χ1) is 7.72. The average molecular weight is 226 g/mol. The summed E-state index contributed by atoms with van der Waals surface area (Å²) in [5.74, 6) is 0.970. The highest BCUT2D eigenvalue weighted by molar-refractivity contribution is 4.71. The summed E-state index contributed by atoms with van der Waals surface area (Å²) >= 11 is 0. The zero-order valence-electron chi connectivity index (χ0n) is 11.5. The molecule has 16 heavy (non-hydrogen) atoms. The van der Waals surface area contributed by atoms with Crippen LogP contribution in [0.25, 0.3) is 0 Å². The van der Waals surface area contributed by atoms with E-state index in [1.54, 1.807) is 0 Å². The summed E-state index contributed by atoms with van der Waals surface area (Å²) in [7, 11) is 2.28. The number of likely N-dealkylation sites (N-methyl/N-ethyl adjacent to an activating group) is 1. The van der Waals surface area contributed by atoms with Gasteiger partial charge < -0.3 is 10.2 Å². The van der Waals surface area contributed by atoms with Crippen LogP contribution in [-0.4, -0.2) is 37.6 Å². The highest BCUT2D eigenvalue weighted by Crippen LogP contribution is 2.23. The van der Waals surface area contributed by atoms with Crippen LogP contribution < -0.4 is 5.32 Å². The van der Waals surface area contributed by atoms with E-state index in [1.807, 2.05) is 0 Å². The lowest BCUT2D eigenvalue weighted by Crippen LogP contribution is -2.39. The van der Waals surface area contributed by atoms with Crippen LogP contribution in [-0.2, 0) is 0 Å². The normalized spacial score (nSPS) is 20.2. The Morgan fingerprint density at radius 2 is 1.94 bits per heavy atom. The van der Waals surface area contributed by atoms with Gasteiger partial charge in [0.15, 0.2) is 0 Å². The molecule has 0 aliphatic heterocycles. The van der Waals surface area contributed by atoms with Gasteiger partial charge in [0.1, 0.15) is 0 Å². The van der Waals surface area contributed by atoms with Crippen molar-refractivity contribution in [1.29, 1.82) is 0 Å². The van der Waals surface area contributed by atoms with Gasteiger partial charge in [-0.1, -0.05) is 26.2 Å². The van der Waals surface area contributed by atoms with Gasteiger partial charge in [-0.3, -0.25) is 0 Å². The molecule has 1 N–H and O–H groups in total. The maximum atomic E-state index is 3.56. The Balaban J connectivity index is 2.11. The first-order valence-electron chi connectivity index (χ1n) is 7.14. The van der Waals surface area contributed by atoms with Crippen LogP contribution in [0.5, 0.6) is 0 Å². The lowest BCUT2D eigenvalue weighted by Gasteiger charge is -2.28. The summed E-state index contributed by atoms with van der Waals surface area (Å²) < 4.78 is 0. The van der Waals surface area contributed by atoms with Gasteiger partial charge in [0.25, 0.3) is 0 Å². The van der Waals surface area contributed by atoms with Gasteiger partial charge in [0, 0.05) is 19.1 Å². The van der Waals surface area contributed by atoms with Gasteiger partial charge in [-0.15, -0.1) is 0 Å². The van der Waals surface area contributed by atoms with E-state index in [-0.39, 0.29) is 0 Å². The second-order valence-electron chi connectivity index (χ2n) is 5.58. The minimum atomic E-state index is 0.633. The predicted molar refractivity (Wildman–Crippen MR) is 71.8 cm³/mol. The van der Waals surface area contributed by atoms with Crippen molar-refractivity contribution in [3.63, 3.8) is 0 Å². The van der Waals surface area contributed by atoms with Crippen molar-refractivity contribution in [2.45, 2.75) is 58.4 Å². The largest absolute Gasteiger partial charge is 0.313 e. The van der Waals surface area contributed by atoms with E-state index in [1.165, 1.54) is 51.6 Å². The summed E-state index contributed by atoms with van der Waals surface area (Å²) in [6.45, 7) is 8.17. The molecule has 0 spiro atoms.